The standard InChI is InChI=1S/C13H10FN3S/c14-11-4-9(6-15)3-10(5-11)8-18-13-1-2-17-7-12(13)16/h1-5,7H,8,16H2. The zero-order valence-corrected chi connectivity index (χ0v) is 10.2. The molecule has 1 heterocycles. The van der Waals surface area contributed by atoms with Gasteiger partial charge in [-0.3, -0.25) is 4.98 Å². The number of pyridine rings is 1. The van der Waals surface area contributed by atoms with Crippen LogP contribution in [0.5, 0.6) is 0 Å². The molecule has 0 atom stereocenters. The monoisotopic (exact) mass is 259 g/mol. The Morgan fingerprint density at radius 2 is 2.22 bits per heavy atom. The van der Waals surface area contributed by atoms with E-state index in [1.165, 1.54) is 23.9 Å². The third-order valence-corrected chi connectivity index (χ3v) is 3.45. The molecule has 0 saturated carbocycles. The van der Waals surface area contributed by atoms with Gasteiger partial charge in [0.1, 0.15) is 5.82 Å². The van der Waals surface area contributed by atoms with Crippen LogP contribution in [0.25, 0.3) is 0 Å². The lowest BCUT2D eigenvalue weighted by Gasteiger charge is -2.05. The molecule has 0 unspecified atom stereocenters. The summed E-state index contributed by atoms with van der Waals surface area (Å²) < 4.78 is 13.2. The lowest BCUT2D eigenvalue weighted by Crippen LogP contribution is -1.91. The van der Waals surface area contributed by atoms with Crippen molar-refractivity contribution >= 4 is 17.4 Å². The van der Waals surface area contributed by atoms with Gasteiger partial charge in [-0.1, -0.05) is 0 Å². The number of nitrogens with two attached hydrogens (primary N) is 1. The van der Waals surface area contributed by atoms with Crippen LogP contribution in [0.4, 0.5) is 10.1 Å². The van der Waals surface area contributed by atoms with Gasteiger partial charge in [-0.15, -0.1) is 11.8 Å². The third-order valence-electron chi connectivity index (χ3n) is 2.29. The first-order valence-corrected chi connectivity index (χ1v) is 6.19. The Hall–Kier alpha value is -2.06. The van der Waals surface area contributed by atoms with Gasteiger partial charge in [0, 0.05) is 16.8 Å². The number of hydrogen-bond donors (Lipinski definition) is 1. The molecule has 2 N–H and O–H groups in total. The third kappa shape index (κ3) is 2.99. The molecule has 0 bridgehead atoms. The molecule has 2 rings (SSSR count). The molecule has 0 saturated heterocycles. The van der Waals surface area contributed by atoms with E-state index in [1.54, 1.807) is 18.5 Å². The smallest absolute Gasteiger partial charge is 0.124 e. The van der Waals surface area contributed by atoms with Crippen molar-refractivity contribution < 1.29 is 4.39 Å². The Balaban J connectivity index is 2.14. The van der Waals surface area contributed by atoms with Gasteiger partial charge in [0.25, 0.3) is 0 Å². The number of benzene rings is 1. The van der Waals surface area contributed by atoms with Crippen LogP contribution in [-0.4, -0.2) is 4.98 Å². The molecule has 5 heteroatoms. The largest absolute Gasteiger partial charge is 0.397 e. The number of aromatic nitrogens is 1. The summed E-state index contributed by atoms with van der Waals surface area (Å²) in [4.78, 5) is 4.80. The number of anilines is 1. The van der Waals surface area contributed by atoms with Gasteiger partial charge in [-0.05, 0) is 29.8 Å². The van der Waals surface area contributed by atoms with E-state index in [0.717, 1.165) is 10.5 Å². The Labute approximate surface area is 108 Å². The number of nitrogen functional groups attached to an aromatic ring is 1. The van der Waals surface area contributed by atoms with E-state index in [4.69, 9.17) is 11.0 Å². The highest BCUT2D eigenvalue weighted by atomic mass is 32.2. The Morgan fingerprint density at radius 1 is 1.39 bits per heavy atom. The summed E-state index contributed by atoms with van der Waals surface area (Å²) >= 11 is 1.49. The molecule has 0 spiro atoms. The zero-order chi connectivity index (χ0) is 13.0. The van der Waals surface area contributed by atoms with Crippen LogP contribution in [0, 0.1) is 17.1 Å². The highest BCUT2D eigenvalue weighted by Crippen LogP contribution is 2.27. The van der Waals surface area contributed by atoms with Crippen LogP contribution in [-0.2, 0) is 5.75 Å². The summed E-state index contributed by atoms with van der Waals surface area (Å²) in [6, 6.07) is 8.06. The molecule has 3 nitrogen and oxygen atoms in total. The molecule has 18 heavy (non-hydrogen) atoms. The van der Waals surface area contributed by atoms with E-state index in [0.29, 0.717) is 17.0 Å². The van der Waals surface area contributed by atoms with E-state index >= 15 is 0 Å². The van der Waals surface area contributed by atoms with Crippen molar-refractivity contribution in [1.29, 1.82) is 5.26 Å². The zero-order valence-electron chi connectivity index (χ0n) is 9.43. The Morgan fingerprint density at radius 3 is 2.94 bits per heavy atom. The molecule has 0 fully saturated rings. The number of nitriles is 1. The Bertz CT molecular complexity index is 607. The molecule has 0 aliphatic heterocycles. The van der Waals surface area contributed by atoms with Gasteiger partial charge >= 0.3 is 0 Å². The minimum Gasteiger partial charge on any atom is -0.397 e. The maximum Gasteiger partial charge on any atom is 0.124 e. The summed E-state index contributed by atoms with van der Waals surface area (Å²) in [5, 5.41) is 8.76. The quantitative estimate of drug-likeness (QED) is 0.861. The molecule has 90 valence electrons. The fourth-order valence-corrected chi connectivity index (χ4v) is 2.35. The van der Waals surface area contributed by atoms with Crippen LogP contribution in [0.1, 0.15) is 11.1 Å². The fraction of sp³-hybridized carbons (Fsp3) is 0.0769. The first kappa shape index (κ1) is 12.4. The first-order valence-electron chi connectivity index (χ1n) is 5.21. The predicted octanol–water partition coefficient (Wildman–Crippen LogP) is 2.97. The summed E-state index contributed by atoms with van der Waals surface area (Å²) in [7, 11) is 0. The molecule has 0 amide bonds. The van der Waals surface area contributed by atoms with E-state index < -0.39 is 5.82 Å². The number of nitrogens with zero attached hydrogens (tertiary/aromatic N) is 2. The number of thioether (sulfide) groups is 1. The second-order valence-corrected chi connectivity index (χ2v) is 4.68. The molecule has 1 aromatic carbocycles. The van der Waals surface area contributed by atoms with E-state index in [9.17, 15) is 4.39 Å². The highest BCUT2D eigenvalue weighted by molar-refractivity contribution is 7.98. The second kappa shape index (κ2) is 5.52. The van der Waals surface area contributed by atoms with Crippen molar-refractivity contribution in [3.63, 3.8) is 0 Å². The lowest BCUT2D eigenvalue weighted by atomic mass is 10.1. The van der Waals surface area contributed by atoms with Gasteiger partial charge in [0.15, 0.2) is 0 Å². The van der Waals surface area contributed by atoms with Crippen molar-refractivity contribution in [3.8, 4) is 6.07 Å². The molecular formula is C13H10FN3S. The average Bonchev–Trinajstić information content (AvgIpc) is 2.37. The summed E-state index contributed by atoms with van der Waals surface area (Å²) in [6.45, 7) is 0. The maximum absolute atomic E-state index is 13.2. The average molecular weight is 259 g/mol. The Kier molecular flexibility index (Phi) is 3.80. The minimum atomic E-state index is -0.396. The minimum absolute atomic E-state index is 0.327. The van der Waals surface area contributed by atoms with Crippen LogP contribution < -0.4 is 5.73 Å². The van der Waals surface area contributed by atoms with Crippen molar-refractivity contribution in [3.05, 3.63) is 53.6 Å². The predicted molar refractivity (Wildman–Crippen MR) is 69.3 cm³/mol. The molecule has 0 radical (unpaired) electrons. The fourth-order valence-electron chi connectivity index (χ4n) is 1.48. The van der Waals surface area contributed by atoms with Crippen molar-refractivity contribution in [2.75, 3.05) is 5.73 Å². The second-order valence-electron chi connectivity index (χ2n) is 3.66. The molecule has 1 aromatic heterocycles. The van der Waals surface area contributed by atoms with Crippen molar-refractivity contribution in [2.24, 2.45) is 0 Å². The highest BCUT2D eigenvalue weighted by Gasteiger charge is 2.03. The number of hydrogen-bond acceptors (Lipinski definition) is 4. The van der Waals surface area contributed by atoms with Gasteiger partial charge in [-0.2, -0.15) is 5.26 Å². The van der Waals surface area contributed by atoms with Crippen LogP contribution in [0.2, 0.25) is 0 Å². The van der Waals surface area contributed by atoms with Crippen molar-refractivity contribution in [2.45, 2.75) is 10.6 Å². The number of halogens is 1. The van der Waals surface area contributed by atoms with Crippen LogP contribution in [0.3, 0.4) is 0 Å². The van der Waals surface area contributed by atoms with E-state index in [-0.39, 0.29) is 0 Å². The van der Waals surface area contributed by atoms with Gasteiger partial charge in [0.2, 0.25) is 0 Å². The van der Waals surface area contributed by atoms with Gasteiger partial charge in [-0.25, -0.2) is 4.39 Å². The molecule has 2 aromatic rings. The van der Waals surface area contributed by atoms with E-state index in [2.05, 4.69) is 4.98 Å². The number of rotatable bonds is 3. The summed E-state index contributed by atoms with van der Waals surface area (Å²) in [5.41, 5.74) is 7.44. The maximum atomic E-state index is 13.2. The summed E-state index contributed by atoms with van der Waals surface area (Å²) in [6.07, 6.45) is 3.24. The van der Waals surface area contributed by atoms with Gasteiger partial charge in [0.05, 0.1) is 23.5 Å². The topological polar surface area (TPSA) is 62.7 Å². The van der Waals surface area contributed by atoms with Crippen LogP contribution >= 0.6 is 11.8 Å². The first-order chi connectivity index (χ1) is 8.69. The van der Waals surface area contributed by atoms with Gasteiger partial charge < -0.3 is 5.73 Å². The SMILES string of the molecule is N#Cc1cc(F)cc(CSc2ccncc2N)c1. The van der Waals surface area contributed by atoms with E-state index in [1.807, 2.05) is 12.1 Å². The summed E-state index contributed by atoms with van der Waals surface area (Å²) in [5.74, 6) is 0.160. The van der Waals surface area contributed by atoms with Crippen molar-refractivity contribution in [1.82, 2.24) is 4.98 Å². The molecule has 0 aliphatic carbocycles. The lowest BCUT2D eigenvalue weighted by molar-refractivity contribution is 0.626. The normalized spacial score (nSPS) is 10.0. The molecular weight excluding hydrogens is 249 g/mol. The molecule has 0 aliphatic rings. The van der Waals surface area contributed by atoms with Crippen LogP contribution in [0.15, 0.2) is 41.6 Å².